The molecule has 0 fully saturated rings. The van der Waals surface area contributed by atoms with Crippen LogP contribution in [0.1, 0.15) is 113 Å². The molecule has 0 bridgehead atoms. The maximum Gasteiger partial charge on any atom is 0.204 e. The highest BCUT2D eigenvalue weighted by Gasteiger charge is 2.21. The molecule has 0 aliphatic carbocycles. The number of hydrogen-bond acceptors (Lipinski definition) is 2. The van der Waals surface area contributed by atoms with E-state index in [0.29, 0.717) is 24.0 Å². The monoisotopic (exact) mass is 470 g/mol. The Balaban J connectivity index is 0.00000322. The maximum absolute atomic E-state index is 14.5. The molecule has 4 heteroatoms. The molecule has 0 aliphatic rings. The molecule has 0 aromatic heterocycles. The molecule has 2 nitrogen and oxygen atoms in total. The lowest BCUT2D eigenvalue weighted by Gasteiger charge is -2.23. The average Bonchev–Trinajstić information content (AvgIpc) is 2.79. The summed E-state index contributed by atoms with van der Waals surface area (Å²) < 4.78 is 40.1. The molecule has 5 unspecified atom stereocenters. The van der Waals surface area contributed by atoms with E-state index in [4.69, 9.17) is 9.47 Å². The first-order valence-corrected chi connectivity index (χ1v) is 13.3. The van der Waals surface area contributed by atoms with Gasteiger partial charge in [-0.25, -0.2) is 0 Å². The van der Waals surface area contributed by atoms with E-state index >= 15 is 0 Å². The van der Waals surface area contributed by atoms with Gasteiger partial charge >= 0.3 is 0 Å². The molecule has 0 aliphatic heterocycles. The molecular formula is C29H52F2O2. The van der Waals surface area contributed by atoms with Crippen molar-refractivity contribution in [2.24, 2.45) is 23.7 Å². The predicted molar refractivity (Wildman–Crippen MR) is 138 cm³/mol. The van der Waals surface area contributed by atoms with Crippen molar-refractivity contribution >= 4 is 0 Å². The number of halogens is 2. The lowest BCUT2D eigenvalue weighted by atomic mass is 9.84. The van der Waals surface area contributed by atoms with Crippen molar-refractivity contribution in [1.29, 1.82) is 0 Å². The van der Waals surface area contributed by atoms with Crippen molar-refractivity contribution in [3.05, 3.63) is 23.3 Å². The molecule has 1 aromatic carbocycles. The molecule has 194 valence electrons. The first-order chi connectivity index (χ1) is 15.5. The standard InChI is InChI=1S/C26H44F2O2.C3H8/c1-9-17(3)11-13-19(5)20(6)14-12-18(4)16-29-23-15-21(7)26(25(28)24(23)27)30-22(8)10-2;1-3-2/h15,17-20,22H,9-14,16H2,1-8H3;3H2,1-2H3. The SMILES string of the molecule is CCC.CCC(C)CCC(C)C(C)CCC(C)COc1cc(C)c(OC(C)CC)c(F)c1F. The highest BCUT2D eigenvalue weighted by Crippen LogP contribution is 2.33. The van der Waals surface area contributed by atoms with Crippen molar-refractivity contribution in [1.82, 2.24) is 0 Å². The van der Waals surface area contributed by atoms with Crippen molar-refractivity contribution in [3.63, 3.8) is 0 Å². The van der Waals surface area contributed by atoms with Crippen LogP contribution in [0.25, 0.3) is 0 Å². The second kappa shape index (κ2) is 17.2. The highest BCUT2D eigenvalue weighted by molar-refractivity contribution is 5.42. The molecule has 33 heavy (non-hydrogen) atoms. The van der Waals surface area contributed by atoms with Crippen LogP contribution >= 0.6 is 0 Å². The van der Waals surface area contributed by atoms with Crippen LogP contribution in [-0.4, -0.2) is 12.7 Å². The van der Waals surface area contributed by atoms with Crippen LogP contribution in [0.15, 0.2) is 6.07 Å². The molecule has 0 saturated carbocycles. The van der Waals surface area contributed by atoms with E-state index in [1.54, 1.807) is 13.0 Å². The van der Waals surface area contributed by atoms with E-state index in [2.05, 4.69) is 48.5 Å². The van der Waals surface area contributed by atoms with E-state index in [9.17, 15) is 8.78 Å². The van der Waals surface area contributed by atoms with Gasteiger partial charge in [-0.2, -0.15) is 8.78 Å². The van der Waals surface area contributed by atoms with Gasteiger partial charge in [0, 0.05) is 0 Å². The Bertz CT molecular complexity index is 647. The minimum Gasteiger partial charge on any atom is -0.490 e. The van der Waals surface area contributed by atoms with Crippen LogP contribution in [0.3, 0.4) is 0 Å². The second-order valence-electron chi connectivity index (χ2n) is 10.2. The van der Waals surface area contributed by atoms with Gasteiger partial charge in [0.15, 0.2) is 11.5 Å². The van der Waals surface area contributed by atoms with Crippen LogP contribution in [0.5, 0.6) is 11.5 Å². The molecule has 0 amide bonds. The quantitative estimate of drug-likeness (QED) is 0.269. The zero-order valence-electron chi connectivity index (χ0n) is 23.2. The summed E-state index contributed by atoms with van der Waals surface area (Å²) in [5, 5.41) is 0. The minimum atomic E-state index is -0.960. The topological polar surface area (TPSA) is 18.5 Å². The molecule has 0 saturated heterocycles. The summed E-state index contributed by atoms with van der Waals surface area (Å²) in [6, 6.07) is 1.54. The summed E-state index contributed by atoms with van der Waals surface area (Å²) in [7, 11) is 0. The average molecular weight is 471 g/mol. The number of benzene rings is 1. The molecule has 0 N–H and O–H groups in total. The van der Waals surface area contributed by atoms with E-state index in [0.717, 1.165) is 25.2 Å². The number of ether oxygens (including phenoxy) is 2. The van der Waals surface area contributed by atoms with Crippen LogP contribution in [0, 0.1) is 42.2 Å². The first kappa shape index (κ1) is 31.7. The zero-order chi connectivity index (χ0) is 25.6. The third-order valence-corrected chi connectivity index (χ3v) is 6.63. The van der Waals surface area contributed by atoms with Crippen molar-refractivity contribution < 1.29 is 18.3 Å². The minimum absolute atomic E-state index is 0.0116. The Morgan fingerprint density at radius 1 is 0.758 bits per heavy atom. The number of rotatable bonds is 14. The molecule has 0 heterocycles. The Morgan fingerprint density at radius 3 is 1.76 bits per heavy atom. The summed E-state index contributed by atoms with van der Waals surface area (Å²) in [5.74, 6) is 0.496. The van der Waals surface area contributed by atoms with Gasteiger partial charge in [-0.1, -0.05) is 87.5 Å². The highest BCUT2D eigenvalue weighted by atomic mass is 19.2. The Hall–Kier alpha value is -1.32. The molecular weight excluding hydrogens is 418 g/mol. The third-order valence-electron chi connectivity index (χ3n) is 6.63. The van der Waals surface area contributed by atoms with E-state index < -0.39 is 11.6 Å². The Kier molecular flexibility index (Phi) is 16.5. The third kappa shape index (κ3) is 12.1. The predicted octanol–water partition coefficient (Wildman–Crippen LogP) is 9.76. The second-order valence-corrected chi connectivity index (χ2v) is 10.2. The molecule has 1 aromatic rings. The van der Waals surface area contributed by atoms with Crippen LogP contribution in [0.4, 0.5) is 8.78 Å². The van der Waals surface area contributed by atoms with Crippen LogP contribution in [-0.2, 0) is 0 Å². The summed E-state index contributed by atoms with van der Waals surface area (Å²) in [4.78, 5) is 0. The van der Waals surface area contributed by atoms with E-state index in [1.807, 2.05) is 13.8 Å². The van der Waals surface area contributed by atoms with Crippen molar-refractivity contribution in [2.45, 2.75) is 120 Å². The molecule has 0 radical (unpaired) electrons. The fourth-order valence-electron chi connectivity index (χ4n) is 3.42. The maximum atomic E-state index is 14.5. The molecule has 5 atom stereocenters. The van der Waals surface area contributed by atoms with Crippen molar-refractivity contribution in [2.75, 3.05) is 6.61 Å². The number of aryl methyl sites for hydroxylation is 1. The van der Waals surface area contributed by atoms with Gasteiger partial charge in [0.05, 0.1) is 12.7 Å². The fraction of sp³-hybridized carbons (Fsp3) is 0.793. The van der Waals surface area contributed by atoms with Gasteiger partial charge in [0.2, 0.25) is 11.6 Å². The van der Waals surface area contributed by atoms with Gasteiger partial charge in [-0.15, -0.1) is 0 Å². The smallest absolute Gasteiger partial charge is 0.204 e. The van der Waals surface area contributed by atoms with Gasteiger partial charge in [-0.3, -0.25) is 0 Å². The van der Waals surface area contributed by atoms with Gasteiger partial charge in [-0.05, 0) is 62.0 Å². The fourth-order valence-corrected chi connectivity index (χ4v) is 3.42. The van der Waals surface area contributed by atoms with E-state index in [-0.39, 0.29) is 23.5 Å². The lowest BCUT2D eigenvalue weighted by molar-refractivity contribution is 0.197. The van der Waals surface area contributed by atoms with Gasteiger partial charge in [0.1, 0.15) is 0 Å². The van der Waals surface area contributed by atoms with E-state index in [1.165, 1.54) is 25.7 Å². The summed E-state index contributed by atoms with van der Waals surface area (Å²) in [6.07, 6.45) is 7.77. The first-order valence-electron chi connectivity index (χ1n) is 13.3. The van der Waals surface area contributed by atoms with Crippen molar-refractivity contribution in [3.8, 4) is 11.5 Å². The summed E-state index contributed by atoms with van der Waals surface area (Å²) in [5.41, 5.74) is 0.556. The lowest BCUT2D eigenvalue weighted by Crippen LogP contribution is -2.15. The summed E-state index contributed by atoms with van der Waals surface area (Å²) in [6.45, 7) is 21.5. The Labute approximate surface area is 203 Å². The molecule has 0 spiro atoms. The molecule has 1 rings (SSSR count). The van der Waals surface area contributed by atoms with Crippen LogP contribution < -0.4 is 9.47 Å². The normalized spacial score (nSPS) is 15.6. The largest absolute Gasteiger partial charge is 0.490 e. The Morgan fingerprint density at radius 2 is 1.27 bits per heavy atom. The zero-order valence-corrected chi connectivity index (χ0v) is 23.2. The van der Waals surface area contributed by atoms with Crippen LogP contribution in [0.2, 0.25) is 0 Å². The summed E-state index contributed by atoms with van der Waals surface area (Å²) >= 11 is 0. The van der Waals surface area contributed by atoms with Gasteiger partial charge in [0.25, 0.3) is 0 Å². The van der Waals surface area contributed by atoms with Gasteiger partial charge < -0.3 is 9.47 Å². The number of hydrogen-bond donors (Lipinski definition) is 0.